The number of hydrogen-bond acceptors (Lipinski definition) is 2. The molecular formula is C11H17N3. The summed E-state index contributed by atoms with van der Waals surface area (Å²) in [6.07, 6.45) is 0. The van der Waals surface area contributed by atoms with E-state index >= 15 is 0 Å². The van der Waals surface area contributed by atoms with E-state index in [0.29, 0.717) is 0 Å². The zero-order valence-corrected chi connectivity index (χ0v) is 9.55. The molecule has 0 unspecified atom stereocenters. The molecule has 3 nitrogen and oxygen atoms in total. The van der Waals surface area contributed by atoms with Crippen molar-refractivity contribution in [2.45, 2.75) is 46.6 Å². The minimum Gasteiger partial charge on any atom is -0.270 e. The summed E-state index contributed by atoms with van der Waals surface area (Å²) in [5.41, 5.74) is 2.70. The monoisotopic (exact) mass is 191 g/mol. The molecule has 1 rings (SSSR count). The Morgan fingerprint density at radius 2 is 2.00 bits per heavy atom. The molecule has 0 fully saturated rings. The fraction of sp³-hybridized carbons (Fsp3) is 0.636. The van der Waals surface area contributed by atoms with Crippen molar-refractivity contribution in [2.75, 3.05) is 0 Å². The predicted octanol–water partition coefficient (Wildman–Crippen LogP) is 2.32. The second-order valence-electron chi connectivity index (χ2n) is 4.10. The number of aryl methyl sites for hydroxylation is 2. The number of nitriles is 1. The average molecular weight is 191 g/mol. The molecule has 0 aromatic carbocycles. The Morgan fingerprint density at radius 1 is 1.43 bits per heavy atom. The van der Waals surface area contributed by atoms with E-state index in [-0.39, 0.29) is 0 Å². The standard InChI is InChI=1S/C11H17N3/c1-6-14-9(3)10(8(2)13-14)11(4,5)7-12/h6H2,1-5H3. The first-order valence-electron chi connectivity index (χ1n) is 4.89. The van der Waals surface area contributed by atoms with Crippen LogP contribution in [0.1, 0.15) is 37.7 Å². The van der Waals surface area contributed by atoms with Gasteiger partial charge in [0.1, 0.15) is 0 Å². The van der Waals surface area contributed by atoms with Gasteiger partial charge in [0.05, 0.1) is 17.2 Å². The summed E-state index contributed by atoms with van der Waals surface area (Å²) in [4.78, 5) is 0. The topological polar surface area (TPSA) is 41.6 Å². The number of nitrogens with zero attached hydrogens (tertiary/aromatic N) is 3. The number of aromatic nitrogens is 2. The van der Waals surface area contributed by atoms with Crippen molar-refractivity contribution < 1.29 is 0 Å². The first-order valence-corrected chi connectivity index (χ1v) is 4.89. The highest BCUT2D eigenvalue weighted by Gasteiger charge is 2.27. The first kappa shape index (κ1) is 10.8. The van der Waals surface area contributed by atoms with E-state index in [1.54, 1.807) is 0 Å². The smallest absolute Gasteiger partial charge is 0.0802 e. The van der Waals surface area contributed by atoms with Gasteiger partial charge in [0.25, 0.3) is 0 Å². The van der Waals surface area contributed by atoms with Gasteiger partial charge in [0.2, 0.25) is 0 Å². The van der Waals surface area contributed by atoms with Crippen molar-refractivity contribution in [3.8, 4) is 6.07 Å². The van der Waals surface area contributed by atoms with Crippen LogP contribution < -0.4 is 0 Å². The Bertz CT molecular complexity index is 380. The fourth-order valence-electron chi connectivity index (χ4n) is 1.97. The second kappa shape index (κ2) is 3.45. The van der Waals surface area contributed by atoms with E-state index in [0.717, 1.165) is 23.5 Å². The van der Waals surface area contributed by atoms with Crippen LogP contribution in [0.25, 0.3) is 0 Å². The molecule has 1 heterocycles. The maximum Gasteiger partial charge on any atom is 0.0802 e. The Balaban J connectivity index is 3.36. The normalized spacial score (nSPS) is 11.4. The zero-order chi connectivity index (χ0) is 10.9. The lowest BCUT2D eigenvalue weighted by Crippen LogP contribution is -2.16. The SMILES string of the molecule is CCn1nc(C)c(C(C)(C)C#N)c1C. The van der Waals surface area contributed by atoms with Crippen LogP contribution in [0.15, 0.2) is 0 Å². The molecule has 1 aromatic rings. The molecule has 1 aromatic heterocycles. The molecule has 0 saturated heterocycles. The van der Waals surface area contributed by atoms with Gasteiger partial charge in [-0.05, 0) is 34.6 Å². The third-order valence-corrected chi connectivity index (χ3v) is 2.59. The highest BCUT2D eigenvalue weighted by atomic mass is 15.3. The minimum absolute atomic E-state index is 0.443. The molecule has 0 aliphatic carbocycles. The van der Waals surface area contributed by atoms with Crippen molar-refractivity contribution in [1.29, 1.82) is 5.26 Å². The summed E-state index contributed by atoms with van der Waals surface area (Å²) in [5.74, 6) is 0. The number of rotatable bonds is 2. The third kappa shape index (κ3) is 1.52. The van der Waals surface area contributed by atoms with Crippen LogP contribution in [-0.4, -0.2) is 9.78 Å². The summed E-state index contributed by atoms with van der Waals surface area (Å²) >= 11 is 0. The molecule has 0 N–H and O–H groups in total. The summed E-state index contributed by atoms with van der Waals surface area (Å²) in [7, 11) is 0. The van der Waals surface area contributed by atoms with Gasteiger partial charge in [-0.3, -0.25) is 4.68 Å². The summed E-state index contributed by atoms with van der Waals surface area (Å²) in [5, 5.41) is 13.5. The fourth-order valence-corrected chi connectivity index (χ4v) is 1.97. The maximum absolute atomic E-state index is 9.09. The molecule has 0 aliphatic heterocycles. The van der Waals surface area contributed by atoms with E-state index in [2.05, 4.69) is 18.1 Å². The van der Waals surface area contributed by atoms with Gasteiger partial charge < -0.3 is 0 Å². The molecule has 0 aliphatic rings. The van der Waals surface area contributed by atoms with Gasteiger partial charge >= 0.3 is 0 Å². The van der Waals surface area contributed by atoms with Crippen LogP contribution in [0.2, 0.25) is 0 Å². The van der Waals surface area contributed by atoms with Crippen molar-refractivity contribution in [1.82, 2.24) is 9.78 Å². The van der Waals surface area contributed by atoms with Gasteiger partial charge in [-0.15, -0.1) is 0 Å². The van der Waals surface area contributed by atoms with Crippen molar-refractivity contribution in [3.63, 3.8) is 0 Å². The van der Waals surface area contributed by atoms with Crippen molar-refractivity contribution in [3.05, 3.63) is 17.0 Å². The highest BCUT2D eigenvalue weighted by Crippen LogP contribution is 2.28. The van der Waals surface area contributed by atoms with Gasteiger partial charge in [-0.2, -0.15) is 10.4 Å². The van der Waals surface area contributed by atoms with E-state index in [9.17, 15) is 0 Å². The molecule has 76 valence electrons. The van der Waals surface area contributed by atoms with E-state index in [1.807, 2.05) is 32.4 Å². The van der Waals surface area contributed by atoms with Crippen molar-refractivity contribution in [2.24, 2.45) is 0 Å². The average Bonchev–Trinajstić information content (AvgIpc) is 2.41. The molecule has 0 saturated carbocycles. The van der Waals surface area contributed by atoms with E-state index < -0.39 is 5.41 Å². The van der Waals surface area contributed by atoms with Crippen LogP contribution in [-0.2, 0) is 12.0 Å². The lowest BCUT2D eigenvalue weighted by atomic mass is 9.85. The summed E-state index contributed by atoms with van der Waals surface area (Å²) in [6.45, 7) is 10.8. The minimum atomic E-state index is -0.443. The van der Waals surface area contributed by atoms with Crippen LogP contribution in [0, 0.1) is 25.2 Å². The molecule has 14 heavy (non-hydrogen) atoms. The van der Waals surface area contributed by atoms with Crippen LogP contribution in [0.4, 0.5) is 0 Å². The van der Waals surface area contributed by atoms with Crippen LogP contribution in [0.5, 0.6) is 0 Å². The Kier molecular flexibility index (Phi) is 2.66. The molecule has 0 radical (unpaired) electrons. The lowest BCUT2D eigenvalue weighted by Gasteiger charge is -2.15. The van der Waals surface area contributed by atoms with E-state index in [1.165, 1.54) is 0 Å². The first-order chi connectivity index (χ1) is 6.44. The zero-order valence-electron chi connectivity index (χ0n) is 9.55. The third-order valence-electron chi connectivity index (χ3n) is 2.59. The Hall–Kier alpha value is -1.30. The largest absolute Gasteiger partial charge is 0.270 e. The predicted molar refractivity (Wildman–Crippen MR) is 56.0 cm³/mol. The summed E-state index contributed by atoms with van der Waals surface area (Å²) < 4.78 is 1.95. The second-order valence-corrected chi connectivity index (χ2v) is 4.10. The quantitative estimate of drug-likeness (QED) is 0.720. The molecule has 0 bridgehead atoms. The molecule has 0 amide bonds. The van der Waals surface area contributed by atoms with Gasteiger partial charge in [-0.25, -0.2) is 0 Å². The lowest BCUT2D eigenvalue weighted by molar-refractivity contribution is 0.626. The molecule has 0 atom stereocenters. The summed E-state index contributed by atoms with van der Waals surface area (Å²) in [6, 6.07) is 2.32. The Labute approximate surface area is 85.4 Å². The van der Waals surface area contributed by atoms with E-state index in [4.69, 9.17) is 5.26 Å². The number of hydrogen-bond donors (Lipinski definition) is 0. The molecule has 3 heteroatoms. The highest BCUT2D eigenvalue weighted by molar-refractivity contribution is 5.37. The Morgan fingerprint density at radius 3 is 2.36 bits per heavy atom. The van der Waals surface area contributed by atoms with Crippen LogP contribution >= 0.6 is 0 Å². The van der Waals surface area contributed by atoms with Gasteiger partial charge in [0.15, 0.2) is 0 Å². The van der Waals surface area contributed by atoms with Gasteiger partial charge in [0, 0.05) is 17.8 Å². The molecule has 0 spiro atoms. The van der Waals surface area contributed by atoms with Crippen molar-refractivity contribution >= 4 is 0 Å². The maximum atomic E-state index is 9.09. The molecular weight excluding hydrogens is 174 g/mol. The van der Waals surface area contributed by atoms with Gasteiger partial charge in [-0.1, -0.05) is 0 Å². The van der Waals surface area contributed by atoms with Crippen LogP contribution in [0.3, 0.4) is 0 Å².